The molecule has 0 amide bonds. The van der Waals surface area contributed by atoms with Crippen LogP contribution in [0.1, 0.15) is 23.0 Å². The number of terminal acetylenes is 1. The van der Waals surface area contributed by atoms with Crippen LogP contribution >= 0.6 is 0 Å². The molecule has 8 heteroatoms. The van der Waals surface area contributed by atoms with Crippen molar-refractivity contribution in [3.63, 3.8) is 0 Å². The number of nitrogens with zero attached hydrogens (tertiary/aromatic N) is 2. The molecule has 0 unspecified atom stereocenters. The fraction of sp³-hybridized carbons (Fsp3) is 0.125. The number of alkyl halides is 3. The maximum atomic E-state index is 12.9. The van der Waals surface area contributed by atoms with Crippen molar-refractivity contribution in [1.29, 1.82) is 0 Å². The number of rotatable bonds is 7. The molecule has 162 valence electrons. The first-order valence-electron chi connectivity index (χ1n) is 9.36. The molecule has 0 atom stereocenters. The summed E-state index contributed by atoms with van der Waals surface area (Å²) >= 11 is 0. The van der Waals surface area contributed by atoms with Crippen molar-refractivity contribution in [1.82, 2.24) is 9.78 Å². The standard InChI is InChI=1S/C24H17F3N2O3/c1-3-14-32-20-11-5-17(6-12-20)21-15-22(23(31)13-4-16(2)30)29(28-21)19-9-7-18(8-10-19)24(25,26)27/h1,4-13,15H,14H2,2H3/b13-4-. The predicted molar refractivity (Wildman–Crippen MR) is 112 cm³/mol. The van der Waals surface area contributed by atoms with E-state index in [0.717, 1.165) is 24.3 Å². The van der Waals surface area contributed by atoms with Crippen LogP contribution in [-0.2, 0) is 11.0 Å². The van der Waals surface area contributed by atoms with Gasteiger partial charge in [-0.15, -0.1) is 6.42 Å². The van der Waals surface area contributed by atoms with Crippen molar-refractivity contribution in [2.24, 2.45) is 0 Å². The molecule has 0 aliphatic rings. The number of ether oxygens (including phenoxy) is 1. The van der Waals surface area contributed by atoms with E-state index < -0.39 is 17.5 Å². The van der Waals surface area contributed by atoms with E-state index in [-0.39, 0.29) is 23.8 Å². The third kappa shape index (κ3) is 5.32. The SMILES string of the molecule is C#CCOc1ccc(-c2cc(C(=O)/C=C\C(C)=O)n(-c3ccc(C(F)(F)F)cc3)n2)cc1. The number of allylic oxidation sites excluding steroid dienone is 2. The molecule has 0 saturated carbocycles. The highest BCUT2D eigenvalue weighted by molar-refractivity contribution is 6.07. The number of benzene rings is 2. The van der Waals surface area contributed by atoms with Gasteiger partial charge in [0.15, 0.2) is 5.78 Å². The highest BCUT2D eigenvalue weighted by Gasteiger charge is 2.30. The lowest BCUT2D eigenvalue weighted by molar-refractivity contribution is -0.137. The van der Waals surface area contributed by atoms with E-state index in [2.05, 4.69) is 11.0 Å². The number of aromatic nitrogens is 2. The Kier molecular flexibility index (Phi) is 6.59. The smallest absolute Gasteiger partial charge is 0.416 e. The van der Waals surface area contributed by atoms with Crippen molar-refractivity contribution in [2.75, 3.05) is 6.61 Å². The monoisotopic (exact) mass is 438 g/mol. The molecule has 1 heterocycles. The molecule has 3 aromatic rings. The summed E-state index contributed by atoms with van der Waals surface area (Å²) in [6.07, 6.45) is 2.89. The quantitative estimate of drug-likeness (QED) is 0.299. The van der Waals surface area contributed by atoms with Gasteiger partial charge in [0.2, 0.25) is 5.78 Å². The van der Waals surface area contributed by atoms with Gasteiger partial charge in [-0.3, -0.25) is 9.59 Å². The van der Waals surface area contributed by atoms with Gasteiger partial charge in [0.1, 0.15) is 18.1 Å². The molecule has 0 fully saturated rings. The molecule has 0 bridgehead atoms. The van der Waals surface area contributed by atoms with Crippen LogP contribution in [0, 0.1) is 12.3 Å². The zero-order chi connectivity index (χ0) is 23.3. The van der Waals surface area contributed by atoms with Crippen molar-refractivity contribution in [2.45, 2.75) is 13.1 Å². The predicted octanol–water partition coefficient (Wildman–Crippen LogP) is 4.90. The fourth-order valence-electron chi connectivity index (χ4n) is 2.81. The number of carbonyl (C=O) groups excluding carboxylic acids is 2. The van der Waals surface area contributed by atoms with Crippen LogP contribution < -0.4 is 4.74 Å². The van der Waals surface area contributed by atoms with E-state index in [9.17, 15) is 22.8 Å². The summed E-state index contributed by atoms with van der Waals surface area (Å²) in [5.41, 5.74) is 0.588. The van der Waals surface area contributed by atoms with E-state index in [4.69, 9.17) is 11.2 Å². The zero-order valence-corrected chi connectivity index (χ0v) is 16.9. The minimum Gasteiger partial charge on any atom is -0.481 e. The van der Waals surface area contributed by atoms with Crippen LogP contribution in [0.4, 0.5) is 13.2 Å². The molecule has 32 heavy (non-hydrogen) atoms. The van der Waals surface area contributed by atoms with Gasteiger partial charge in [0.05, 0.1) is 16.9 Å². The molecule has 5 nitrogen and oxygen atoms in total. The van der Waals surface area contributed by atoms with Gasteiger partial charge < -0.3 is 4.74 Å². The lowest BCUT2D eigenvalue weighted by Gasteiger charge is -2.09. The summed E-state index contributed by atoms with van der Waals surface area (Å²) in [4.78, 5) is 23.9. The molecular formula is C24H17F3N2O3. The Morgan fingerprint density at radius 3 is 2.31 bits per heavy atom. The second-order valence-corrected chi connectivity index (χ2v) is 6.70. The van der Waals surface area contributed by atoms with Crippen LogP contribution in [0.15, 0.2) is 66.7 Å². The first-order chi connectivity index (χ1) is 15.2. The first kappa shape index (κ1) is 22.6. The second-order valence-electron chi connectivity index (χ2n) is 6.70. The number of hydrogen-bond donors (Lipinski definition) is 0. The highest BCUT2D eigenvalue weighted by Crippen LogP contribution is 2.30. The van der Waals surface area contributed by atoms with Crippen molar-refractivity contribution < 1.29 is 27.5 Å². The highest BCUT2D eigenvalue weighted by atomic mass is 19.4. The summed E-state index contributed by atoms with van der Waals surface area (Å²) in [5.74, 6) is 2.07. The molecule has 0 spiro atoms. The average molecular weight is 438 g/mol. The van der Waals surface area contributed by atoms with Crippen LogP contribution in [0.3, 0.4) is 0 Å². The molecule has 0 aliphatic carbocycles. The van der Waals surface area contributed by atoms with Gasteiger partial charge in [-0.1, -0.05) is 5.92 Å². The van der Waals surface area contributed by atoms with Gasteiger partial charge in [-0.25, -0.2) is 4.68 Å². The van der Waals surface area contributed by atoms with Gasteiger partial charge in [0, 0.05) is 5.56 Å². The normalized spacial score (nSPS) is 11.3. The number of ketones is 2. The molecule has 0 radical (unpaired) electrons. The Morgan fingerprint density at radius 1 is 1.09 bits per heavy atom. The summed E-state index contributed by atoms with van der Waals surface area (Å²) in [7, 11) is 0. The van der Waals surface area contributed by atoms with Crippen LogP contribution in [-0.4, -0.2) is 28.0 Å². The van der Waals surface area contributed by atoms with Crippen LogP contribution in [0.25, 0.3) is 16.9 Å². The first-order valence-corrected chi connectivity index (χ1v) is 9.36. The Balaban J connectivity index is 2.03. The Morgan fingerprint density at radius 2 is 1.75 bits per heavy atom. The lowest BCUT2D eigenvalue weighted by atomic mass is 10.1. The van der Waals surface area contributed by atoms with Crippen molar-refractivity contribution in [3.05, 3.63) is 78.0 Å². The van der Waals surface area contributed by atoms with Crippen molar-refractivity contribution in [3.8, 4) is 35.0 Å². The van der Waals surface area contributed by atoms with Gasteiger partial charge in [-0.2, -0.15) is 18.3 Å². The molecule has 0 saturated heterocycles. The van der Waals surface area contributed by atoms with E-state index in [0.29, 0.717) is 17.0 Å². The van der Waals surface area contributed by atoms with Crippen LogP contribution in [0.2, 0.25) is 0 Å². The van der Waals surface area contributed by atoms with E-state index in [1.807, 2.05) is 0 Å². The van der Waals surface area contributed by atoms with Gasteiger partial charge >= 0.3 is 6.18 Å². The molecule has 1 aromatic heterocycles. The number of carbonyl (C=O) groups is 2. The third-order valence-electron chi connectivity index (χ3n) is 4.34. The van der Waals surface area contributed by atoms with E-state index in [1.165, 1.54) is 29.8 Å². The largest absolute Gasteiger partial charge is 0.481 e. The molecule has 2 aromatic carbocycles. The lowest BCUT2D eigenvalue weighted by Crippen LogP contribution is -2.09. The van der Waals surface area contributed by atoms with Crippen LogP contribution in [0.5, 0.6) is 5.75 Å². The number of hydrogen-bond acceptors (Lipinski definition) is 4. The maximum Gasteiger partial charge on any atom is 0.416 e. The van der Waals surface area contributed by atoms with Gasteiger partial charge in [-0.05, 0) is 73.7 Å². The summed E-state index contributed by atoms with van der Waals surface area (Å²) in [6, 6.07) is 12.6. The summed E-state index contributed by atoms with van der Waals surface area (Å²) in [5, 5.41) is 4.41. The third-order valence-corrected chi connectivity index (χ3v) is 4.34. The Bertz CT molecular complexity index is 1200. The molecular weight excluding hydrogens is 421 g/mol. The topological polar surface area (TPSA) is 61.2 Å². The Labute approximate surface area is 182 Å². The molecule has 0 aliphatic heterocycles. The van der Waals surface area contributed by atoms with E-state index >= 15 is 0 Å². The van der Waals surface area contributed by atoms with E-state index in [1.54, 1.807) is 24.3 Å². The molecule has 3 rings (SSSR count). The average Bonchev–Trinajstić information content (AvgIpc) is 3.21. The Hall–Kier alpha value is -4.12. The number of halogens is 3. The molecule has 0 N–H and O–H groups in total. The minimum absolute atomic E-state index is 0.0879. The van der Waals surface area contributed by atoms with Gasteiger partial charge in [0.25, 0.3) is 0 Å². The zero-order valence-electron chi connectivity index (χ0n) is 16.9. The summed E-state index contributed by atoms with van der Waals surface area (Å²) < 4.78 is 45.3. The minimum atomic E-state index is -4.49. The maximum absolute atomic E-state index is 12.9. The fourth-order valence-corrected chi connectivity index (χ4v) is 2.81. The summed E-state index contributed by atoms with van der Waals surface area (Å²) in [6.45, 7) is 1.41. The second kappa shape index (κ2) is 9.35. The van der Waals surface area contributed by atoms with Crippen molar-refractivity contribution >= 4 is 11.6 Å².